The van der Waals surface area contributed by atoms with Crippen LogP contribution in [-0.4, -0.2) is 22.3 Å². The lowest BCUT2D eigenvalue weighted by Gasteiger charge is -2.07. The zero-order valence-corrected chi connectivity index (χ0v) is 8.21. The van der Waals surface area contributed by atoms with Crippen molar-refractivity contribution in [2.75, 3.05) is 12.8 Å². The third-order valence-corrected chi connectivity index (χ3v) is 2.04. The molecule has 2 heterocycles. The first-order chi connectivity index (χ1) is 7.33. The minimum atomic E-state index is 0.337. The monoisotopic (exact) mass is 202 g/mol. The highest BCUT2D eigenvalue weighted by Crippen LogP contribution is 2.29. The molecule has 0 unspecified atom stereocenters. The van der Waals surface area contributed by atoms with Gasteiger partial charge in [0.1, 0.15) is 5.69 Å². The Morgan fingerprint density at radius 1 is 1.27 bits per heavy atom. The highest BCUT2D eigenvalue weighted by molar-refractivity contribution is 5.77. The van der Waals surface area contributed by atoms with Gasteiger partial charge < -0.3 is 10.5 Å². The molecule has 0 saturated carbocycles. The first kappa shape index (κ1) is 9.39. The maximum Gasteiger partial charge on any atom is 0.257 e. The summed E-state index contributed by atoms with van der Waals surface area (Å²) in [6.45, 7) is 0. The SMILES string of the molecule is COc1nncc(-c2ccncc2)c1N. The summed E-state index contributed by atoms with van der Waals surface area (Å²) in [4.78, 5) is 3.94. The number of pyridine rings is 1. The van der Waals surface area contributed by atoms with Crippen molar-refractivity contribution in [2.45, 2.75) is 0 Å². The van der Waals surface area contributed by atoms with Gasteiger partial charge in [-0.2, -0.15) is 5.10 Å². The van der Waals surface area contributed by atoms with Gasteiger partial charge in [0.25, 0.3) is 5.88 Å². The molecule has 0 atom stereocenters. The standard InChI is InChI=1S/C10H10N4O/c1-15-10-9(11)8(6-13-14-10)7-2-4-12-5-3-7/h2-6H,1H3,(H2,11,13). The van der Waals surface area contributed by atoms with E-state index in [1.807, 2.05) is 12.1 Å². The summed E-state index contributed by atoms with van der Waals surface area (Å²) >= 11 is 0. The van der Waals surface area contributed by atoms with Crippen LogP contribution in [0.4, 0.5) is 5.69 Å². The molecule has 0 aliphatic heterocycles. The summed E-state index contributed by atoms with van der Waals surface area (Å²) in [5.41, 5.74) is 8.10. The summed E-state index contributed by atoms with van der Waals surface area (Å²) in [5, 5.41) is 7.59. The molecule has 0 radical (unpaired) electrons. The van der Waals surface area contributed by atoms with Crippen LogP contribution in [0.3, 0.4) is 0 Å². The van der Waals surface area contributed by atoms with Crippen LogP contribution in [0, 0.1) is 0 Å². The van der Waals surface area contributed by atoms with Crippen LogP contribution in [0.25, 0.3) is 11.1 Å². The highest BCUT2D eigenvalue weighted by Gasteiger charge is 2.08. The Bertz CT molecular complexity index is 458. The van der Waals surface area contributed by atoms with Gasteiger partial charge in [0.15, 0.2) is 0 Å². The maximum absolute atomic E-state index is 5.88. The van der Waals surface area contributed by atoms with Gasteiger partial charge in [-0.3, -0.25) is 4.98 Å². The number of rotatable bonds is 2. The molecule has 0 aromatic carbocycles. The molecule has 0 aliphatic rings. The van der Waals surface area contributed by atoms with Crippen LogP contribution >= 0.6 is 0 Å². The highest BCUT2D eigenvalue weighted by atomic mass is 16.5. The van der Waals surface area contributed by atoms with Crippen molar-refractivity contribution in [2.24, 2.45) is 0 Å². The summed E-state index contributed by atoms with van der Waals surface area (Å²) in [7, 11) is 1.51. The van der Waals surface area contributed by atoms with E-state index in [9.17, 15) is 0 Å². The van der Waals surface area contributed by atoms with Crippen LogP contribution in [0.2, 0.25) is 0 Å². The largest absolute Gasteiger partial charge is 0.478 e. The Morgan fingerprint density at radius 2 is 2.00 bits per heavy atom. The van der Waals surface area contributed by atoms with Crippen LogP contribution in [0.1, 0.15) is 0 Å². The van der Waals surface area contributed by atoms with E-state index in [0.717, 1.165) is 11.1 Å². The van der Waals surface area contributed by atoms with Crippen molar-refractivity contribution in [3.63, 3.8) is 0 Å². The number of ether oxygens (including phenoxy) is 1. The third-order valence-electron chi connectivity index (χ3n) is 2.04. The zero-order valence-electron chi connectivity index (χ0n) is 8.21. The number of anilines is 1. The van der Waals surface area contributed by atoms with Crippen LogP contribution in [0.5, 0.6) is 5.88 Å². The second-order valence-corrected chi connectivity index (χ2v) is 2.92. The lowest BCUT2D eigenvalue weighted by molar-refractivity contribution is 0.394. The van der Waals surface area contributed by atoms with Gasteiger partial charge in [0.05, 0.1) is 13.3 Å². The topological polar surface area (TPSA) is 73.9 Å². The molecule has 0 saturated heterocycles. The predicted octanol–water partition coefficient (Wildman–Crippen LogP) is 1.13. The number of methoxy groups -OCH3 is 1. The molecule has 15 heavy (non-hydrogen) atoms. The molecule has 0 bridgehead atoms. The minimum absolute atomic E-state index is 0.337. The molecular weight excluding hydrogens is 192 g/mol. The predicted molar refractivity (Wildman–Crippen MR) is 56.2 cm³/mol. The van der Waals surface area contributed by atoms with Gasteiger partial charge in [-0.15, -0.1) is 5.10 Å². The van der Waals surface area contributed by atoms with E-state index in [1.165, 1.54) is 7.11 Å². The average molecular weight is 202 g/mol. The summed E-state index contributed by atoms with van der Waals surface area (Å²) < 4.78 is 4.99. The van der Waals surface area contributed by atoms with Crippen molar-refractivity contribution in [1.82, 2.24) is 15.2 Å². The van der Waals surface area contributed by atoms with E-state index >= 15 is 0 Å². The van der Waals surface area contributed by atoms with Crippen molar-refractivity contribution in [1.29, 1.82) is 0 Å². The summed E-state index contributed by atoms with van der Waals surface area (Å²) in [6.07, 6.45) is 5.00. The first-order valence-corrected chi connectivity index (χ1v) is 4.38. The Morgan fingerprint density at radius 3 is 2.67 bits per heavy atom. The number of nitrogen functional groups attached to an aromatic ring is 1. The Labute approximate surface area is 86.9 Å². The fourth-order valence-electron chi connectivity index (χ4n) is 1.29. The molecule has 76 valence electrons. The molecule has 2 aromatic rings. The van der Waals surface area contributed by atoms with Crippen molar-refractivity contribution >= 4 is 5.69 Å². The van der Waals surface area contributed by atoms with Crippen molar-refractivity contribution in [3.8, 4) is 17.0 Å². The summed E-state index contributed by atoms with van der Waals surface area (Å²) in [5.74, 6) is 0.337. The Hall–Kier alpha value is -2.17. The van der Waals surface area contributed by atoms with Crippen molar-refractivity contribution < 1.29 is 4.74 Å². The smallest absolute Gasteiger partial charge is 0.257 e. The molecule has 0 fully saturated rings. The molecule has 2 N–H and O–H groups in total. The number of nitrogens with zero attached hydrogens (tertiary/aromatic N) is 3. The van der Waals surface area contributed by atoms with E-state index < -0.39 is 0 Å². The Balaban J connectivity index is 2.54. The number of nitrogens with two attached hydrogens (primary N) is 1. The summed E-state index contributed by atoms with van der Waals surface area (Å²) in [6, 6.07) is 3.71. The molecule has 2 aromatic heterocycles. The van der Waals surface area contributed by atoms with Gasteiger partial charge >= 0.3 is 0 Å². The van der Waals surface area contributed by atoms with E-state index in [0.29, 0.717) is 11.6 Å². The van der Waals surface area contributed by atoms with E-state index in [-0.39, 0.29) is 0 Å². The quantitative estimate of drug-likeness (QED) is 0.790. The fraction of sp³-hybridized carbons (Fsp3) is 0.100. The van der Waals surface area contributed by atoms with Crippen LogP contribution < -0.4 is 10.5 Å². The fourth-order valence-corrected chi connectivity index (χ4v) is 1.29. The molecule has 5 heteroatoms. The van der Waals surface area contributed by atoms with E-state index in [1.54, 1.807) is 18.6 Å². The maximum atomic E-state index is 5.88. The molecule has 0 aliphatic carbocycles. The van der Waals surface area contributed by atoms with Crippen LogP contribution in [0.15, 0.2) is 30.7 Å². The third kappa shape index (κ3) is 1.71. The van der Waals surface area contributed by atoms with Gasteiger partial charge in [-0.05, 0) is 17.7 Å². The molecule has 0 spiro atoms. The normalized spacial score (nSPS) is 9.93. The average Bonchev–Trinajstić information content (AvgIpc) is 2.30. The first-order valence-electron chi connectivity index (χ1n) is 4.38. The second kappa shape index (κ2) is 3.91. The second-order valence-electron chi connectivity index (χ2n) is 2.92. The molecular formula is C10H10N4O. The van der Waals surface area contributed by atoms with Gasteiger partial charge in [0.2, 0.25) is 0 Å². The van der Waals surface area contributed by atoms with Crippen molar-refractivity contribution in [3.05, 3.63) is 30.7 Å². The van der Waals surface area contributed by atoms with Gasteiger partial charge in [0, 0.05) is 18.0 Å². The van der Waals surface area contributed by atoms with E-state index in [2.05, 4.69) is 15.2 Å². The van der Waals surface area contributed by atoms with E-state index in [4.69, 9.17) is 10.5 Å². The lowest BCUT2D eigenvalue weighted by atomic mass is 10.1. The zero-order chi connectivity index (χ0) is 10.7. The number of hydrogen-bond acceptors (Lipinski definition) is 5. The molecule has 2 rings (SSSR count). The van der Waals surface area contributed by atoms with Gasteiger partial charge in [-0.25, -0.2) is 0 Å². The van der Waals surface area contributed by atoms with Crippen LogP contribution in [-0.2, 0) is 0 Å². The number of hydrogen-bond donors (Lipinski definition) is 1. The molecule has 0 amide bonds. The molecule has 5 nitrogen and oxygen atoms in total. The Kier molecular flexibility index (Phi) is 2.45. The lowest BCUT2D eigenvalue weighted by Crippen LogP contribution is -1.99. The number of aromatic nitrogens is 3. The van der Waals surface area contributed by atoms with Gasteiger partial charge in [-0.1, -0.05) is 0 Å². The minimum Gasteiger partial charge on any atom is -0.478 e.